The molecule has 0 saturated carbocycles. The fraction of sp³-hybridized carbons (Fsp3) is 0.258. The van der Waals surface area contributed by atoms with Crippen LogP contribution < -0.4 is 4.74 Å². The lowest BCUT2D eigenvalue weighted by Gasteiger charge is -2.17. The molecule has 0 aliphatic carbocycles. The zero-order valence-electron chi connectivity index (χ0n) is 22.1. The van der Waals surface area contributed by atoms with Crippen LogP contribution in [0.5, 0.6) is 5.75 Å². The van der Waals surface area contributed by atoms with Gasteiger partial charge in [-0.3, -0.25) is 14.6 Å². The minimum absolute atomic E-state index is 0.200. The van der Waals surface area contributed by atoms with Gasteiger partial charge in [0.05, 0.1) is 10.5 Å². The van der Waals surface area contributed by atoms with Crippen LogP contribution in [-0.2, 0) is 11.2 Å². The van der Waals surface area contributed by atoms with E-state index in [-0.39, 0.29) is 11.5 Å². The second-order valence-electron chi connectivity index (χ2n) is 9.86. The maximum atomic E-state index is 14.0. The SMILES string of the molecule is O=C(O)c1ccc(CCN2C(=O)/C(=C/c3cc(-c4ccc(F)c(F)c4)ccc3OCCN3CCCC3)SC2=S)cc1. The molecule has 2 heterocycles. The van der Waals surface area contributed by atoms with E-state index < -0.39 is 17.6 Å². The molecule has 0 unspecified atom stereocenters. The normalized spacial score (nSPS) is 16.6. The maximum absolute atomic E-state index is 14.0. The number of hydrogen-bond acceptors (Lipinski definition) is 6. The van der Waals surface area contributed by atoms with Crippen LogP contribution in [0.2, 0.25) is 0 Å². The Labute approximate surface area is 246 Å². The molecular weight excluding hydrogens is 566 g/mol. The molecule has 0 aromatic heterocycles. The van der Waals surface area contributed by atoms with Gasteiger partial charge in [-0.05, 0) is 91.5 Å². The lowest BCUT2D eigenvalue weighted by atomic mass is 10.0. The molecule has 6 nitrogen and oxygen atoms in total. The number of amides is 1. The average molecular weight is 595 g/mol. The van der Waals surface area contributed by atoms with E-state index in [2.05, 4.69) is 4.90 Å². The number of rotatable bonds is 10. The third-order valence-electron chi connectivity index (χ3n) is 7.11. The van der Waals surface area contributed by atoms with E-state index in [4.69, 9.17) is 22.1 Å². The lowest BCUT2D eigenvalue weighted by molar-refractivity contribution is -0.122. The topological polar surface area (TPSA) is 70.1 Å². The van der Waals surface area contributed by atoms with Gasteiger partial charge >= 0.3 is 5.97 Å². The molecule has 5 rings (SSSR count). The summed E-state index contributed by atoms with van der Waals surface area (Å²) in [6, 6.07) is 15.6. The molecule has 10 heteroatoms. The van der Waals surface area contributed by atoms with Crippen LogP contribution in [0.1, 0.15) is 34.3 Å². The molecule has 0 atom stereocenters. The number of carboxylic acid groups (broad SMARTS) is 1. The van der Waals surface area contributed by atoms with Gasteiger partial charge in [0.25, 0.3) is 5.91 Å². The van der Waals surface area contributed by atoms with E-state index in [1.54, 1.807) is 36.4 Å². The Balaban J connectivity index is 1.36. The number of carbonyl (C=O) groups excluding carboxylic acids is 1. The third kappa shape index (κ3) is 7.01. The molecule has 3 aromatic rings. The predicted molar refractivity (Wildman–Crippen MR) is 160 cm³/mol. The second-order valence-corrected chi connectivity index (χ2v) is 11.5. The van der Waals surface area contributed by atoms with E-state index in [1.807, 2.05) is 0 Å². The Hall–Kier alpha value is -3.60. The number of nitrogens with zero attached hydrogens (tertiary/aromatic N) is 2. The Morgan fingerprint density at radius 2 is 1.68 bits per heavy atom. The minimum Gasteiger partial charge on any atom is -0.492 e. The first-order valence-electron chi connectivity index (χ1n) is 13.3. The summed E-state index contributed by atoms with van der Waals surface area (Å²) < 4.78 is 34.1. The van der Waals surface area contributed by atoms with Crippen LogP contribution in [0.4, 0.5) is 8.78 Å². The molecule has 2 fully saturated rings. The fourth-order valence-electron chi connectivity index (χ4n) is 4.83. The van der Waals surface area contributed by atoms with Gasteiger partial charge in [0.1, 0.15) is 16.7 Å². The van der Waals surface area contributed by atoms with Gasteiger partial charge in [-0.15, -0.1) is 0 Å². The summed E-state index contributed by atoms with van der Waals surface area (Å²) in [6.45, 7) is 3.73. The highest BCUT2D eigenvalue weighted by atomic mass is 32.2. The molecule has 0 radical (unpaired) electrons. The fourth-order valence-corrected chi connectivity index (χ4v) is 6.13. The largest absolute Gasteiger partial charge is 0.492 e. The molecule has 0 spiro atoms. The Morgan fingerprint density at radius 1 is 0.976 bits per heavy atom. The first-order chi connectivity index (χ1) is 19.8. The monoisotopic (exact) mass is 594 g/mol. The third-order valence-corrected chi connectivity index (χ3v) is 8.49. The van der Waals surface area contributed by atoms with Gasteiger partial charge in [0, 0.05) is 18.7 Å². The minimum atomic E-state index is -0.994. The van der Waals surface area contributed by atoms with Crippen LogP contribution in [0.25, 0.3) is 17.2 Å². The number of likely N-dealkylation sites (tertiary alicyclic amines) is 1. The molecule has 3 aromatic carbocycles. The number of benzene rings is 3. The number of halogens is 2. The number of hydrogen-bond donors (Lipinski definition) is 1. The van der Waals surface area contributed by atoms with E-state index in [9.17, 15) is 18.4 Å². The molecule has 2 aliphatic rings. The molecule has 1 N–H and O–H groups in total. The van der Waals surface area contributed by atoms with Crippen LogP contribution in [0.3, 0.4) is 0 Å². The van der Waals surface area contributed by atoms with Crippen molar-refractivity contribution in [2.75, 3.05) is 32.8 Å². The number of thioether (sulfide) groups is 1. The van der Waals surface area contributed by atoms with Crippen molar-refractivity contribution in [1.29, 1.82) is 0 Å². The van der Waals surface area contributed by atoms with Crippen molar-refractivity contribution in [1.82, 2.24) is 9.80 Å². The standard InChI is InChI=1S/C31H28F2N2O4S2/c32-25-9-7-23(18-26(25)33)22-8-10-27(39-16-15-34-12-1-2-13-34)24(17-22)19-28-29(36)35(31(40)41-28)14-11-20-3-5-21(6-4-20)30(37)38/h3-10,17-19H,1-2,11-16H2,(H,37,38)/b28-19-. The first-order valence-corrected chi connectivity index (χ1v) is 14.5. The highest BCUT2D eigenvalue weighted by molar-refractivity contribution is 8.26. The quantitative estimate of drug-likeness (QED) is 0.220. The van der Waals surface area contributed by atoms with Crippen molar-refractivity contribution in [3.05, 3.63) is 93.9 Å². The van der Waals surface area contributed by atoms with Crippen molar-refractivity contribution in [3.8, 4) is 16.9 Å². The number of ether oxygens (including phenoxy) is 1. The van der Waals surface area contributed by atoms with E-state index in [0.717, 1.165) is 37.3 Å². The molecule has 2 saturated heterocycles. The summed E-state index contributed by atoms with van der Waals surface area (Å²) in [7, 11) is 0. The summed E-state index contributed by atoms with van der Waals surface area (Å²) in [6.07, 6.45) is 4.61. The maximum Gasteiger partial charge on any atom is 0.335 e. The lowest BCUT2D eigenvalue weighted by Crippen LogP contribution is -2.30. The van der Waals surface area contributed by atoms with Gasteiger partial charge in [-0.25, -0.2) is 13.6 Å². The van der Waals surface area contributed by atoms with E-state index in [1.165, 1.54) is 47.7 Å². The first kappa shape index (κ1) is 28.9. The van der Waals surface area contributed by atoms with Gasteiger partial charge in [0.15, 0.2) is 11.6 Å². The summed E-state index contributed by atoms with van der Waals surface area (Å²) in [5.41, 5.74) is 2.89. The molecule has 0 bridgehead atoms. The van der Waals surface area contributed by atoms with Crippen LogP contribution in [0, 0.1) is 11.6 Å². The van der Waals surface area contributed by atoms with Crippen LogP contribution >= 0.6 is 24.0 Å². The number of thiocarbonyl (C=S) groups is 1. The summed E-state index contributed by atoms with van der Waals surface area (Å²) >= 11 is 6.70. The molecular formula is C31H28F2N2O4S2. The zero-order chi connectivity index (χ0) is 28.9. The number of aromatic carboxylic acids is 1. The predicted octanol–water partition coefficient (Wildman–Crippen LogP) is 6.25. The van der Waals surface area contributed by atoms with Crippen LogP contribution in [0.15, 0.2) is 65.6 Å². The highest BCUT2D eigenvalue weighted by Gasteiger charge is 2.32. The number of carboxylic acids is 1. The van der Waals surface area contributed by atoms with Crippen molar-refractivity contribution in [2.24, 2.45) is 0 Å². The Kier molecular flexibility index (Phi) is 9.12. The summed E-state index contributed by atoms with van der Waals surface area (Å²) in [5.74, 6) is -2.50. The van der Waals surface area contributed by atoms with Crippen molar-refractivity contribution >= 4 is 46.3 Å². The molecule has 41 heavy (non-hydrogen) atoms. The van der Waals surface area contributed by atoms with E-state index >= 15 is 0 Å². The number of carbonyl (C=O) groups is 2. The van der Waals surface area contributed by atoms with Crippen molar-refractivity contribution in [3.63, 3.8) is 0 Å². The Morgan fingerprint density at radius 3 is 2.39 bits per heavy atom. The van der Waals surface area contributed by atoms with E-state index in [0.29, 0.717) is 51.2 Å². The smallest absolute Gasteiger partial charge is 0.335 e. The van der Waals surface area contributed by atoms with Gasteiger partial charge in [-0.1, -0.05) is 48.2 Å². The molecule has 212 valence electrons. The van der Waals surface area contributed by atoms with Gasteiger partial charge in [-0.2, -0.15) is 0 Å². The zero-order valence-corrected chi connectivity index (χ0v) is 23.8. The van der Waals surface area contributed by atoms with Crippen molar-refractivity contribution < 1.29 is 28.2 Å². The van der Waals surface area contributed by atoms with Gasteiger partial charge < -0.3 is 9.84 Å². The molecule has 2 aliphatic heterocycles. The Bertz CT molecular complexity index is 1500. The van der Waals surface area contributed by atoms with Crippen LogP contribution in [-0.4, -0.2) is 63.9 Å². The molecule has 1 amide bonds. The summed E-state index contributed by atoms with van der Waals surface area (Å²) in [4.78, 5) is 28.8. The highest BCUT2D eigenvalue weighted by Crippen LogP contribution is 2.36. The van der Waals surface area contributed by atoms with Crippen molar-refractivity contribution in [2.45, 2.75) is 19.3 Å². The second kappa shape index (κ2) is 12.9. The van der Waals surface area contributed by atoms with Gasteiger partial charge in [0.2, 0.25) is 0 Å². The summed E-state index contributed by atoms with van der Waals surface area (Å²) in [5, 5.41) is 9.10. The average Bonchev–Trinajstić information content (AvgIpc) is 3.57.